The average Bonchev–Trinajstić information content (AvgIpc) is 3.23. The van der Waals surface area contributed by atoms with Gasteiger partial charge in [0.2, 0.25) is 11.8 Å². The third-order valence-corrected chi connectivity index (χ3v) is 7.07. The number of hydrogen-bond acceptors (Lipinski definition) is 3. The molecule has 1 fully saturated rings. The van der Waals surface area contributed by atoms with Gasteiger partial charge in [-0.2, -0.15) is 5.10 Å². The van der Waals surface area contributed by atoms with Crippen molar-refractivity contribution in [2.24, 2.45) is 13.0 Å². The normalized spacial score (nSPS) is 22.6. The summed E-state index contributed by atoms with van der Waals surface area (Å²) in [5, 5.41) is 7.74. The molecule has 0 saturated carbocycles. The van der Waals surface area contributed by atoms with Gasteiger partial charge in [0.1, 0.15) is 0 Å². The smallest absolute Gasteiger partial charge is 0.226 e. The fourth-order valence-electron chi connectivity index (χ4n) is 5.39. The van der Waals surface area contributed by atoms with Gasteiger partial charge in [0.15, 0.2) is 0 Å². The summed E-state index contributed by atoms with van der Waals surface area (Å²) in [5.41, 5.74) is 4.41. The lowest BCUT2D eigenvalue weighted by Gasteiger charge is -2.41. The molecule has 2 amide bonds. The molecule has 3 aromatic rings. The van der Waals surface area contributed by atoms with Gasteiger partial charge in [0, 0.05) is 31.3 Å². The Morgan fingerprint density at radius 1 is 1.03 bits per heavy atom. The second kappa shape index (κ2) is 9.22. The second-order valence-electron chi connectivity index (χ2n) is 9.13. The number of carbonyl (C=O) groups is 2. The maximum atomic E-state index is 13.7. The van der Waals surface area contributed by atoms with Gasteiger partial charge >= 0.3 is 0 Å². The number of fused-ring (bicyclic) bond motifs is 1. The molecule has 2 heterocycles. The molecule has 1 aromatic heterocycles. The number of piperidine rings is 1. The van der Waals surface area contributed by atoms with Crippen LogP contribution in [0.3, 0.4) is 0 Å². The van der Waals surface area contributed by atoms with E-state index in [4.69, 9.17) is 0 Å². The number of nitrogens with zero attached hydrogens (tertiary/aromatic N) is 3. The molecule has 1 N–H and O–H groups in total. The SMILES string of the molecule is Cn1ncc2c1CCCC2NC(=O)C1CCC(=O)N(Cc2ccccc2)C1c1ccccc1. The summed E-state index contributed by atoms with van der Waals surface area (Å²) < 4.78 is 1.92. The Labute approximate surface area is 194 Å². The van der Waals surface area contributed by atoms with Crippen molar-refractivity contribution in [1.82, 2.24) is 20.0 Å². The number of rotatable bonds is 5. The van der Waals surface area contributed by atoms with Crippen LogP contribution in [0.15, 0.2) is 66.9 Å². The summed E-state index contributed by atoms with van der Waals surface area (Å²) in [7, 11) is 1.96. The molecule has 3 atom stereocenters. The van der Waals surface area contributed by atoms with E-state index in [1.165, 1.54) is 5.69 Å². The molecular weight excluding hydrogens is 412 g/mol. The molecule has 170 valence electrons. The molecule has 0 spiro atoms. The molecular formula is C27H30N4O2. The summed E-state index contributed by atoms with van der Waals surface area (Å²) in [5.74, 6) is -0.170. The van der Waals surface area contributed by atoms with Crippen LogP contribution in [0.2, 0.25) is 0 Å². The predicted molar refractivity (Wildman–Crippen MR) is 126 cm³/mol. The summed E-state index contributed by atoms with van der Waals surface area (Å²) in [6, 6.07) is 19.7. The van der Waals surface area contributed by atoms with E-state index >= 15 is 0 Å². The highest BCUT2D eigenvalue weighted by atomic mass is 16.2. The van der Waals surface area contributed by atoms with Crippen molar-refractivity contribution >= 4 is 11.8 Å². The first-order chi connectivity index (χ1) is 16.1. The molecule has 0 radical (unpaired) electrons. The van der Waals surface area contributed by atoms with Crippen LogP contribution < -0.4 is 5.32 Å². The van der Waals surface area contributed by atoms with E-state index < -0.39 is 0 Å². The van der Waals surface area contributed by atoms with Gasteiger partial charge in [-0.05, 0) is 36.8 Å². The highest BCUT2D eigenvalue weighted by Crippen LogP contribution is 2.39. The van der Waals surface area contributed by atoms with E-state index in [1.807, 2.05) is 83.5 Å². The van der Waals surface area contributed by atoms with Gasteiger partial charge in [-0.25, -0.2) is 0 Å². The summed E-state index contributed by atoms with van der Waals surface area (Å²) in [4.78, 5) is 28.7. The molecule has 0 bridgehead atoms. The minimum absolute atomic E-state index is 0.0217. The van der Waals surface area contributed by atoms with Gasteiger partial charge in [-0.3, -0.25) is 14.3 Å². The first-order valence-corrected chi connectivity index (χ1v) is 11.8. The Balaban J connectivity index is 1.44. The second-order valence-corrected chi connectivity index (χ2v) is 9.13. The molecule has 1 aliphatic carbocycles. The van der Waals surface area contributed by atoms with Crippen LogP contribution >= 0.6 is 0 Å². The fraction of sp³-hybridized carbons (Fsp3) is 0.370. The maximum absolute atomic E-state index is 13.7. The molecule has 1 saturated heterocycles. The van der Waals surface area contributed by atoms with Crippen molar-refractivity contribution in [2.45, 2.75) is 50.7 Å². The first-order valence-electron chi connectivity index (χ1n) is 11.8. The van der Waals surface area contributed by atoms with Crippen molar-refractivity contribution in [3.8, 4) is 0 Å². The standard InChI is InChI=1S/C27H30N4O2/c1-30-24-14-8-13-23(22(24)17-28-30)29-27(33)21-15-16-25(32)31(18-19-9-4-2-5-10-19)26(21)20-11-6-3-7-12-20/h2-7,9-12,17,21,23,26H,8,13-16,18H2,1H3,(H,29,33). The number of carbonyl (C=O) groups excluding carboxylic acids is 2. The molecule has 2 aromatic carbocycles. The number of benzene rings is 2. The number of aryl methyl sites for hydroxylation is 1. The Bertz CT molecular complexity index is 1130. The Kier molecular flexibility index (Phi) is 5.99. The summed E-state index contributed by atoms with van der Waals surface area (Å²) in [6.45, 7) is 0.499. The molecule has 6 nitrogen and oxygen atoms in total. The number of nitrogens with one attached hydrogen (secondary N) is 1. The molecule has 1 aliphatic heterocycles. The van der Waals surface area contributed by atoms with E-state index in [0.717, 1.165) is 36.0 Å². The topological polar surface area (TPSA) is 67.2 Å². The van der Waals surface area contributed by atoms with Crippen molar-refractivity contribution in [1.29, 1.82) is 0 Å². The lowest BCUT2D eigenvalue weighted by atomic mass is 9.82. The van der Waals surface area contributed by atoms with Crippen LogP contribution in [0.5, 0.6) is 0 Å². The average molecular weight is 443 g/mol. The highest BCUT2D eigenvalue weighted by molar-refractivity contribution is 5.85. The fourth-order valence-corrected chi connectivity index (χ4v) is 5.39. The summed E-state index contributed by atoms with van der Waals surface area (Å²) in [6.07, 6.45) is 5.77. The van der Waals surface area contributed by atoms with Crippen LogP contribution in [-0.4, -0.2) is 26.5 Å². The highest BCUT2D eigenvalue weighted by Gasteiger charge is 2.41. The van der Waals surface area contributed by atoms with E-state index in [1.54, 1.807) is 0 Å². The predicted octanol–water partition coefficient (Wildman–Crippen LogP) is 4.09. The van der Waals surface area contributed by atoms with Gasteiger partial charge in [-0.15, -0.1) is 0 Å². The van der Waals surface area contributed by atoms with Crippen LogP contribution in [0, 0.1) is 5.92 Å². The zero-order chi connectivity index (χ0) is 22.8. The molecule has 5 rings (SSSR count). The van der Waals surface area contributed by atoms with E-state index in [9.17, 15) is 9.59 Å². The zero-order valence-electron chi connectivity index (χ0n) is 19.0. The van der Waals surface area contributed by atoms with Crippen molar-refractivity contribution in [3.63, 3.8) is 0 Å². The van der Waals surface area contributed by atoms with Gasteiger partial charge in [-0.1, -0.05) is 60.7 Å². The summed E-state index contributed by atoms with van der Waals surface area (Å²) >= 11 is 0. The lowest BCUT2D eigenvalue weighted by molar-refractivity contribution is -0.144. The van der Waals surface area contributed by atoms with Gasteiger partial charge in [0.05, 0.1) is 24.2 Å². The monoisotopic (exact) mass is 442 g/mol. The van der Waals surface area contributed by atoms with Crippen molar-refractivity contribution < 1.29 is 9.59 Å². The van der Waals surface area contributed by atoms with E-state index in [2.05, 4.69) is 10.4 Å². The van der Waals surface area contributed by atoms with Crippen LogP contribution in [0.25, 0.3) is 0 Å². The lowest BCUT2D eigenvalue weighted by Crippen LogP contribution is -2.48. The molecule has 6 heteroatoms. The number of hydrogen-bond donors (Lipinski definition) is 1. The van der Waals surface area contributed by atoms with Crippen LogP contribution in [0.1, 0.15) is 60.2 Å². The third kappa shape index (κ3) is 4.30. The number of likely N-dealkylation sites (tertiary alicyclic amines) is 1. The van der Waals surface area contributed by atoms with Gasteiger partial charge < -0.3 is 10.2 Å². The minimum atomic E-state index is -0.295. The quantitative estimate of drug-likeness (QED) is 0.647. The van der Waals surface area contributed by atoms with Crippen molar-refractivity contribution in [3.05, 3.63) is 89.2 Å². The maximum Gasteiger partial charge on any atom is 0.226 e. The minimum Gasteiger partial charge on any atom is -0.349 e. The third-order valence-electron chi connectivity index (χ3n) is 7.07. The first kappa shape index (κ1) is 21.4. The Morgan fingerprint density at radius 3 is 2.52 bits per heavy atom. The van der Waals surface area contributed by atoms with Crippen LogP contribution in [0.4, 0.5) is 0 Å². The number of amides is 2. The molecule has 3 unspecified atom stereocenters. The number of aromatic nitrogens is 2. The van der Waals surface area contributed by atoms with E-state index in [0.29, 0.717) is 19.4 Å². The molecule has 2 aliphatic rings. The Hall–Kier alpha value is -3.41. The molecule has 33 heavy (non-hydrogen) atoms. The van der Waals surface area contributed by atoms with Crippen molar-refractivity contribution in [2.75, 3.05) is 0 Å². The zero-order valence-corrected chi connectivity index (χ0v) is 19.0. The largest absolute Gasteiger partial charge is 0.349 e. The Morgan fingerprint density at radius 2 is 1.76 bits per heavy atom. The van der Waals surface area contributed by atoms with Gasteiger partial charge in [0.25, 0.3) is 0 Å². The van der Waals surface area contributed by atoms with Crippen LogP contribution in [-0.2, 0) is 29.6 Å². The van der Waals surface area contributed by atoms with E-state index in [-0.39, 0.29) is 29.8 Å².